The molecule has 0 bridgehead atoms. The molecule has 0 unspecified atom stereocenters. The van der Waals surface area contributed by atoms with Crippen LogP contribution in [-0.4, -0.2) is 18.5 Å². The second-order valence-corrected chi connectivity index (χ2v) is 5.90. The summed E-state index contributed by atoms with van der Waals surface area (Å²) in [6.45, 7) is 3.34. The van der Waals surface area contributed by atoms with Gasteiger partial charge in [-0.05, 0) is 59.9 Å². The highest BCUT2D eigenvalue weighted by atomic mass is 79.9. The van der Waals surface area contributed by atoms with Crippen molar-refractivity contribution in [2.45, 2.75) is 32.4 Å². The number of carbonyl (C=O) groups is 1. The fraction of sp³-hybridized carbons (Fsp3) is 0.500. The highest BCUT2D eigenvalue weighted by Gasteiger charge is 2.24. The number of hydrogen-bond acceptors (Lipinski definition) is 2. The Morgan fingerprint density at radius 2 is 2.30 bits per heavy atom. The van der Waals surface area contributed by atoms with Crippen LogP contribution in [0.2, 0.25) is 0 Å². The van der Waals surface area contributed by atoms with Crippen LogP contribution in [0, 0.1) is 11.7 Å². The minimum Gasteiger partial charge on any atom is -0.352 e. The van der Waals surface area contributed by atoms with E-state index in [-0.39, 0.29) is 30.0 Å². The van der Waals surface area contributed by atoms with E-state index in [4.69, 9.17) is 0 Å². The second kappa shape index (κ2) is 7.96. The summed E-state index contributed by atoms with van der Waals surface area (Å²) in [5, 5.41) is 6.21. The Morgan fingerprint density at radius 3 is 2.95 bits per heavy atom. The Morgan fingerprint density at radius 1 is 1.55 bits per heavy atom. The van der Waals surface area contributed by atoms with Gasteiger partial charge in [-0.3, -0.25) is 4.79 Å². The molecule has 1 fully saturated rings. The van der Waals surface area contributed by atoms with E-state index in [0.717, 1.165) is 24.9 Å². The Bertz CT molecular complexity index is 472. The van der Waals surface area contributed by atoms with Gasteiger partial charge in [-0.25, -0.2) is 4.39 Å². The maximum Gasteiger partial charge on any atom is 0.223 e. The summed E-state index contributed by atoms with van der Waals surface area (Å²) in [5.74, 6) is -0.171. The summed E-state index contributed by atoms with van der Waals surface area (Å²) >= 11 is 3.11. The lowest BCUT2D eigenvalue weighted by Gasteiger charge is -2.27. The van der Waals surface area contributed by atoms with Crippen molar-refractivity contribution in [3.63, 3.8) is 0 Å². The van der Waals surface area contributed by atoms with Crippen LogP contribution < -0.4 is 10.6 Å². The molecule has 1 aromatic carbocycles. The molecule has 1 amide bonds. The average molecular weight is 366 g/mol. The lowest BCUT2D eigenvalue weighted by molar-refractivity contribution is -0.126. The maximum absolute atomic E-state index is 13.3. The molecule has 0 saturated carbocycles. The standard InChI is InChI=1S/C14H18BrFN2O.ClH/c1-9-6-11(4-5-17-9)14(19)18-8-10-2-3-12(15)13(16)7-10;/h2-3,7,9,11,17H,4-6,8H2,1H3,(H,18,19);1H/t9-,11-;/m0./s1. The van der Waals surface area contributed by atoms with Crippen molar-refractivity contribution in [1.29, 1.82) is 0 Å². The largest absolute Gasteiger partial charge is 0.352 e. The summed E-state index contributed by atoms with van der Waals surface area (Å²) < 4.78 is 13.8. The molecular formula is C14H19BrClFN2O. The van der Waals surface area contributed by atoms with E-state index in [1.165, 1.54) is 6.07 Å². The zero-order valence-electron chi connectivity index (χ0n) is 11.3. The number of rotatable bonds is 3. The lowest BCUT2D eigenvalue weighted by Crippen LogP contribution is -2.42. The van der Waals surface area contributed by atoms with Crippen LogP contribution in [0.3, 0.4) is 0 Å². The van der Waals surface area contributed by atoms with E-state index < -0.39 is 0 Å². The van der Waals surface area contributed by atoms with E-state index in [9.17, 15) is 9.18 Å². The van der Waals surface area contributed by atoms with Crippen molar-refractivity contribution in [2.75, 3.05) is 6.54 Å². The number of hydrogen-bond donors (Lipinski definition) is 2. The molecule has 0 aliphatic carbocycles. The normalized spacial score (nSPS) is 21.9. The highest BCUT2D eigenvalue weighted by molar-refractivity contribution is 9.10. The first kappa shape index (κ1) is 17.4. The van der Waals surface area contributed by atoms with Crippen molar-refractivity contribution >= 4 is 34.2 Å². The van der Waals surface area contributed by atoms with Crippen LogP contribution in [0.4, 0.5) is 4.39 Å². The molecule has 0 radical (unpaired) electrons. The summed E-state index contributed by atoms with van der Waals surface area (Å²) in [4.78, 5) is 12.0. The Balaban J connectivity index is 0.00000200. The first-order valence-electron chi connectivity index (χ1n) is 6.51. The molecule has 1 aliphatic rings. The van der Waals surface area contributed by atoms with Gasteiger partial charge >= 0.3 is 0 Å². The van der Waals surface area contributed by atoms with Crippen LogP contribution in [-0.2, 0) is 11.3 Å². The summed E-state index contributed by atoms with van der Waals surface area (Å²) in [6.07, 6.45) is 1.73. The molecule has 112 valence electrons. The smallest absolute Gasteiger partial charge is 0.223 e. The minimum atomic E-state index is -0.303. The molecule has 2 atom stereocenters. The number of piperidine rings is 1. The predicted octanol–water partition coefficient (Wildman–Crippen LogP) is 3.01. The fourth-order valence-corrected chi connectivity index (χ4v) is 2.60. The maximum atomic E-state index is 13.3. The van der Waals surface area contributed by atoms with Crippen molar-refractivity contribution in [3.05, 3.63) is 34.1 Å². The monoisotopic (exact) mass is 364 g/mol. The summed E-state index contributed by atoms with van der Waals surface area (Å²) in [6, 6.07) is 5.28. The third-order valence-corrected chi connectivity index (χ3v) is 4.09. The zero-order chi connectivity index (χ0) is 13.8. The first-order valence-corrected chi connectivity index (χ1v) is 7.30. The average Bonchev–Trinajstić information content (AvgIpc) is 2.40. The number of halogens is 3. The van der Waals surface area contributed by atoms with Crippen LogP contribution in [0.1, 0.15) is 25.3 Å². The van der Waals surface area contributed by atoms with E-state index in [2.05, 4.69) is 33.5 Å². The predicted molar refractivity (Wildman–Crippen MR) is 83.4 cm³/mol. The van der Waals surface area contributed by atoms with Gasteiger partial charge in [0.25, 0.3) is 0 Å². The van der Waals surface area contributed by atoms with Gasteiger partial charge in [-0.1, -0.05) is 6.07 Å². The molecule has 6 heteroatoms. The lowest BCUT2D eigenvalue weighted by atomic mass is 9.92. The van der Waals surface area contributed by atoms with E-state index in [1.54, 1.807) is 12.1 Å². The van der Waals surface area contributed by atoms with Gasteiger partial charge in [0.1, 0.15) is 5.82 Å². The molecule has 2 N–H and O–H groups in total. The molecule has 1 aromatic rings. The Hall–Kier alpha value is -0.650. The van der Waals surface area contributed by atoms with Gasteiger partial charge < -0.3 is 10.6 Å². The Labute approximate surface area is 133 Å². The Kier molecular flexibility index (Phi) is 6.92. The van der Waals surface area contributed by atoms with Crippen molar-refractivity contribution < 1.29 is 9.18 Å². The quantitative estimate of drug-likeness (QED) is 0.864. The van der Waals surface area contributed by atoms with Crippen molar-refractivity contribution in [3.8, 4) is 0 Å². The van der Waals surface area contributed by atoms with Crippen molar-refractivity contribution in [2.24, 2.45) is 5.92 Å². The molecule has 0 aromatic heterocycles. The van der Waals surface area contributed by atoms with Gasteiger partial charge in [-0.2, -0.15) is 0 Å². The van der Waals surface area contributed by atoms with Crippen LogP contribution in [0.5, 0.6) is 0 Å². The summed E-state index contributed by atoms with van der Waals surface area (Å²) in [5.41, 5.74) is 0.774. The molecule has 0 spiro atoms. The molecule has 20 heavy (non-hydrogen) atoms. The molecule has 1 saturated heterocycles. The number of carbonyl (C=O) groups excluding carboxylic acids is 1. The first-order chi connectivity index (χ1) is 9.06. The fourth-order valence-electron chi connectivity index (χ4n) is 2.35. The molecule has 2 rings (SSSR count). The summed E-state index contributed by atoms with van der Waals surface area (Å²) in [7, 11) is 0. The van der Waals surface area contributed by atoms with Crippen LogP contribution in [0.15, 0.2) is 22.7 Å². The molecular weight excluding hydrogens is 347 g/mol. The van der Waals surface area contributed by atoms with Crippen LogP contribution in [0.25, 0.3) is 0 Å². The third-order valence-electron chi connectivity index (χ3n) is 3.45. The van der Waals surface area contributed by atoms with Gasteiger partial charge in [0.15, 0.2) is 0 Å². The van der Waals surface area contributed by atoms with Gasteiger partial charge in [0.05, 0.1) is 4.47 Å². The van der Waals surface area contributed by atoms with E-state index >= 15 is 0 Å². The topological polar surface area (TPSA) is 41.1 Å². The van der Waals surface area contributed by atoms with E-state index in [0.29, 0.717) is 17.1 Å². The molecule has 3 nitrogen and oxygen atoms in total. The SMILES string of the molecule is C[C@H]1C[C@@H](C(=O)NCc2ccc(Br)c(F)c2)CCN1.Cl. The second-order valence-electron chi connectivity index (χ2n) is 5.04. The number of amides is 1. The van der Waals surface area contributed by atoms with Gasteiger partial charge in [0, 0.05) is 18.5 Å². The highest BCUT2D eigenvalue weighted by Crippen LogP contribution is 2.18. The van der Waals surface area contributed by atoms with Gasteiger partial charge in [0.2, 0.25) is 5.91 Å². The number of nitrogens with one attached hydrogen (secondary N) is 2. The zero-order valence-corrected chi connectivity index (χ0v) is 13.7. The van der Waals surface area contributed by atoms with E-state index in [1.807, 2.05) is 0 Å². The number of benzene rings is 1. The van der Waals surface area contributed by atoms with Crippen molar-refractivity contribution in [1.82, 2.24) is 10.6 Å². The molecule has 1 heterocycles. The van der Waals surface area contributed by atoms with Crippen LogP contribution >= 0.6 is 28.3 Å². The minimum absolute atomic E-state index is 0. The molecule has 1 aliphatic heterocycles. The third kappa shape index (κ3) is 4.72. The van der Waals surface area contributed by atoms with Gasteiger partial charge in [-0.15, -0.1) is 12.4 Å².